The summed E-state index contributed by atoms with van der Waals surface area (Å²) in [5, 5.41) is 26.7. The number of carbonyl (C=O) groups excluding carboxylic acids is 1. The fourth-order valence-electron chi connectivity index (χ4n) is 2.95. The zero-order valence-corrected chi connectivity index (χ0v) is 15.8. The van der Waals surface area contributed by atoms with Crippen LogP contribution in [0.5, 0.6) is 0 Å². The van der Waals surface area contributed by atoms with Gasteiger partial charge < -0.3 is 10.2 Å². The van der Waals surface area contributed by atoms with Crippen molar-refractivity contribution >= 4 is 47.0 Å². The van der Waals surface area contributed by atoms with Crippen LogP contribution in [-0.2, 0) is 20.9 Å². The quantitative estimate of drug-likeness (QED) is 0.469. The SMILES string of the molecule is O=C(O)Cn1nc2ccc(SCC3=C(C(=O)O)N4C(=O)C[C@H]4SC3)nn2c1=O. The second kappa shape index (κ2) is 6.98. The lowest BCUT2D eigenvalue weighted by Gasteiger charge is -2.43. The molecule has 0 spiro atoms. The van der Waals surface area contributed by atoms with Gasteiger partial charge in [-0.3, -0.25) is 14.5 Å². The lowest BCUT2D eigenvalue weighted by molar-refractivity contribution is -0.146. The number of aliphatic carboxylic acids is 2. The molecule has 1 fully saturated rings. The van der Waals surface area contributed by atoms with E-state index in [1.807, 2.05) is 0 Å². The van der Waals surface area contributed by atoms with E-state index < -0.39 is 24.2 Å². The molecule has 2 aliphatic heterocycles. The summed E-state index contributed by atoms with van der Waals surface area (Å²) < 4.78 is 1.81. The molecule has 4 rings (SSSR count). The topological polar surface area (TPSA) is 147 Å². The Bertz CT molecular complexity index is 1110. The first-order chi connectivity index (χ1) is 13.3. The van der Waals surface area contributed by atoms with Gasteiger partial charge in [0, 0.05) is 11.5 Å². The summed E-state index contributed by atoms with van der Waals surface area (Å²) in [7, 11) is 0. The second-order valence-corrected chi connectivity index (χ2v) is 8.22. The Morgan fingerprint density at radius 2 is 2.04 bits per heavy atom. The zero-order chi connectivity index (χ0) is 20.0. The minimum Gasteiger partial charge on any atom is -0.480 e. The highest BCUT2D eigenvalue weighted by atomic mass is 32.2. The standard InChI is InChI=1S/C15H13N5O6S2/c21-10-3-11-19(10)13(14(24)25)7(6-28-11)5-27-9-2-1-8-16-18(4-12(22)23)15(26)20(8)17-9/h1-2,11H,3-6H2,(H,22,23)(H,24,25)/t11-/m1/s1. The first-order valence-electron chi connectivity index (χ1n) is 8.05. The number of carboxylic acids is 2. The van der Waals surface area contributed by atoms with Gasteiger partial charge in [-0.05, 0) is 17.7 Å². The third-order valence-corrected chi connectivity index (χ3v) is 6.51. The van der Waals surface area contributed by atoms with Crippen LogP contribution in [0.25, 0.3) is 5.65 Å². The van der Waals surface area contributed by atoms with Gasteiger partial charge in [0.1, 0.15) is 17.3 Å². The highest BCUT2D eigenvalue weighted by Gasteiger charge is 2.45. The molecule has 2 aromatic rings. The smallest absolute Gasteiger partial charge is 0.367 e. The zero-order valence-electron chi connectivity index (χ0n) is 14.1. The first kappa shape index (κ1) is 18.6. The molecule has 0 radical (unpaired) electrons. The second-order valence-electron chi connectivity index (χ2n) is 6.06. The Morgan fingerprint density at radius 1 is 1.25 bits per heavy atom. The summed E-state index contributed by atoms with van der Waals surface area (Å²) in [6.45, 7) is -0.568. The molecule has 1 atom stereocenters. The molecular weight excluding hydrogens is 410 g/mol. The normalized spacial score (nSPS) is 18.9. The monoisotopic (exact) mass is 423 g/mol. The van der Waals surface area contributed by atoms with Crippen molar-refractivity contribution in [2.45, 2.75) is 23.4 Å². The van der Waals surface area contributed by atoms with E-state index >= 15 is 0 Å². The number of carbonyl (C=O) groups is 3. The Hall–Kier alpha value is -2.80. The summed E-state index contributed by atoms with van der Waals surface area (Å²) in [6, 6.07) is 3.15. The molecule has 4 heterocycles. The van der Waals surface area contributed by atoms with Gasteiger partial charge in [0.15, 0.2) is 5.65 Å². The third-order valence-electron chi connectivity index (χ3n) is 4.23. The molecule has 146 valence electrons. The molecule has 1 saturated heterocycles. The lowest BCUT2D eigenvalue weighted by atomic mass is 10.1. The van der Waals surface area contributed by atoms with E-state index in [2.05, 4.69) is 10.2 Å². The maximum atomic E-state index is 12.2. The molecule has 0 bridgehead atoms. The lowest BCUT2D eigenvalue weighted by Crippen LogP contribution is -2.54. The van der Waals surface area contributed by atoms with Crippen LogP contribution in [0.4, 0.5) is 0 Å². The van der Waals surface area contributed by atoms with Crippen LogP contribution >= 0.6 is 23.5 Å². The minimum atomic E-state index is -1.19. The Kier molecular flexibility index (Phi) is 4.63. The number of aromatic nitrogens is 4. The average Bonchev–Trinajstić information content (AvgIpc) is 2.93. The van der Waals surface area contributed by atoms with E-state index in [0.717, 1.165) is 9.20 Å². The van der Waals surface area contributed by atoms with Gasteiger partial charge in [-0.1, -0.05) is 0 Å². The number of rotatable bonds is 6. The van der Waals surface area contributed by atoms with Crippen LogP contribution in [0.3, 0.4) is 0 Å². The van der Waals surface area contributed by atoms with Crippen molar-refractivity contribution in [3.05, 3.63) is 33.9 Å². The number of nitrogens with zero attached hydrogens (tertiary/aromatic N) is 5. The van der Waals surface area contributed by atoms with Crippen LogP contribution in [-0.4, -0.2) is 69.2 Å². The predicted octanol–water partition coefficient (Wildman–Crippen LogP) is -0.288. The average molecular weight is 423 g/mol. The fraction of sp³-hybridized carbons (Fsp3) is 0.333. The van der Waals surface area contributed by atoms with Crippen LogP contribution in [0.15, 0.2) is 33.2 Å². The number of hydrogen-bond donors (Lipinski definition) is 2. The predicted molar refractivity (Wildman–Crippen MR) is 98.0 cm³/mol. The van der Waals surface area contributed by atoms with E-state index in [1.54, 1.807) is 6.07 Å². The molecule has 13 heteroatoms. The molecule has 0 saturated carbocycles. The van der Waals surface area contributed by atoms with Crippen molar-refractivity contribution in [1.82, 2.24) is 24.3 Å². The first-order valence-corrected chi connectivity index (χ1v) is 10.1. The van der Waals surface area contributed by atoms with Crippen LogP contribution in [0.2, 0.25) is 0 Å². The molecule has 11 nitrogen and oxygen atoms in total. The molecule has 2 aromatic heterocycles. The number of β-lactam (4-membered cyclic amide) rings is 1. The van der Waals surface area contributed by atoms with Gasteiger partial charge >= 0.3 is 17.6 Å². The molecule has 0 aliphatic carbocycles. The Labute approximate surface area is 165 Å². The van der Waals surface area contributed by atoms with Gasteiger partial charge in [0.2, 0.25) is 5.91 Å². The molecule has 28 heavy (non-hydrogen) atoms. The van der Waals surface area contributed by atoms with Gasteiger partial charge in [-0.2, -0.15) is 14.3 Å². The Morgan fingerprint density at radius 3 is 2.71 bits per heavy atom. The fourth-order valence-corrected chi connectivity index (χ4v) is 5.21. The number of amides is 1. The molecule has 0 aromatic carbocycles. The van der Waals surface area contributed by atoms with E-state index in [0.29, 0.717) is 28.5 Å². The summed E-state index contributed by atoms with van der Waals surface area (Å²) in [5.74, 6) is -1.73. The molecule has 2 aliphatic rings. The van der Waals surface area contributed by atoms with Gasteiger partial charge in [0.05, 0.1) is 11.8 Å². The maximum Gasteiger partial charge on any atom is 0.367 e. The van der Waals surface area contributed by atoms with E-state index in [1.165, 1.54) is 34.5 Å². The van der Waals surface area contributed by atoms with E-state index in [9.17, 15) is 24.3 Å². The van der Waals surface area contributed by atoms with Crippen molar-refractivity contribution in [3.63, 3.8) is 0 Å². The highest BCUT2D eigenvalue weighted by Crippen LogP contribution is 2.41. The number of carboxylic acid groups (broad SMARTS) is 2. The molecular formula is C15H13N5O6S2. The minimum absolute atomic E-state index is 0.0278. The summed E-state index contributed by atoms with van der Waals surface area (Å²) in [4.78, 5) is 47.7. The number of fused-ring (bicyclic) bond motifs is 2. The van der Waals surface area contributed by atoms with Gasteiger partial charge in [-0.15, -0.1) is 28.6 Å². The van der Waals surface area contributed by atoms with Crippen molar-refractivity contribution in [1.29, 1.82) is 0 Å². The number of thioether (sulfide) groups is 2. The van der Waals surface area contributed by atoms with Crippen molar-refractivity contribution in [2.24, 2.45) is 0 Å². The highest BCUT2D eigenvalue weighted by molar-refractivity contribution is 8.01. The van der Waals surface area contributed by atoms with Crippen molar-refractivity contribution < 1.29 is 24.6 Å². The Balaban J connectivity index is 1.58. The largest absolute Gasteiger partial charge is 0.480 e. The third kappa shape index (κ3) is 3.16. The van der Waals surface area contributed by atoms with Crippen LogP contribution in [0.1, 0.15) is 6.42 Å². The maximum absolute atomic E-state index is 12.2. The van der Waals surface area contributed by atoms with E-state index in [4.69, 9.17) is 5.11 Å². The molecule has 1 amide bonds. The van der Waals surface area contributed by atoms with Gasteiger partial charge in [-0.25, -0.2) is 9.59 Å². The van der Waals surface area contributed by atoms with Crippen LogP contribution < -0.4 is 5.69 Å². The van der Waals surface area contributed by atoms with E-state index in [-0.39, 0.29) is 22.6 Å². The van der Waals surface area contributed by atoms with Crippen molar-refractivity contribution in [2.75, 3.05) is 11.5 Å². The summed E-state index contributed by atoms with van der Waals surface area (Å²) in [5.41, 5.74) is 0.179. The summed E-state index contributed by atoms with van der Waals surface area (Å²) in [6.07, 6.45) is 0.351. The van der Waals surface area contributed by atoms with Crippen molar-refractivity contribution in [3.8, 4) is 0 Å². The van der Waals surface area contributed by atoms with Crippen LogP contribution in [0, 0.1) is 0 Å². The van der Waals surface area contributed by atoms with Gasteiger partial charge in [0.25, 0.3) is 0 Å². The molecule has 2 N–H and O–H groups in total. The number of hydrogen-bond acceptors (Lipinski definition) is 8. The molecule has 0 unspecified atom stereocenters. The summed E-state index contributed by atoms with van der Waals surface area (Å²) >= 11 is 2.75.